The number of nitrogens with one attached hydrogen (secondary N) is 1. The highest BCUT2D eigenvalue weighted by atomic mass is 127. The lowest BCUT2D eigenvalue weighted by Crippen LogP contribution is -2.27. The molecule has 0 saturated heterocycles. The van der Waals surface area contributed by atoms with Gasteiger partial charge in [0.2, 0.25) is 0 Å². The van der Waals surface area contributed by atoms with E-state index in [1.54, 1.807) is 42.5 Å². The number of rotatable bonds is 9. The first-order chi connectivity index (χ1) is 13.5. The highest BCUT2D eigenvalue weighted by Crippen LogP contribution is 2.34. The summed E-state index contributed by atoms with van der Waals surface area (Å²) in [7, 11) is 1.53. The number of amides is 1. The summed E-state index contributed by atoms with van der Waals surface area (Å²) in [4.78, 5) is 23.9. The first-order valence-corrected chi connectivity index (χ1v) is 9.85. The van der Waals surface area contributed by atoms with Gasteiger partial charge in [0, 0.05) is 5.56 Å². The number of aliphatic carboxylic acids is 1. The number of carboxylic acids is 1. The third-order valence-electron chi connectivity index (χ3n) is 3.82. The number of ether oxygens (including phenoxy) is 2. The van der Waals surface area contributed by atoms with E-state index >= 15 is 0 Å². The van der Waals surface area contributed by atoms with Gasteiger partial charge < -0.3 is 19.9 Å². The zero-order valence-electron chi connectivity index (χ0n) is 15.7. The molecule has 0 fully saturated rings. The minimum atomic E-state index is -1.23. The summed E-state index contributed by atoms with van der Waals surface area (Å²) in [6.45, 7) is 2.65. The molecular weight excluding hydrogens is 473 g/mol. The first kappa shape index (κ1) is 21.7. The quantitative estimate of drug-likeness (QED) is 0.307. The van der Waals surface area contributed by atoms with Crippen molar-refractivity contribution in [3.05, 3.63) is 62.9 Å². The van der Waals surface area contributed by atoms with Crippen molar-refractivity contribution in [2.75, 3.05) is 13.7 Å². The number of methoxy groups -OCH3 is 1. The average Bonchev–Trinajstić information content (AvgIpc) is 2.69. The summed E-state index contributed by atoms with van der Waals surface area (Å²) in [5, 5.41) is 11.9. The molecule has 2 rings (SSSR count). The van der Waals surface area contributed by atoms with E-state index in [0.717, 1.165) is 16.4 Å². The van der Waals surface area contributed by atoms with Crippen molar-refractivity contribution >= 4 is 40.5 Å². The maximum Gasteiger partial charge on any atom is 0.352 e. The predicted molar refractivity (Wildman–Crippen MR) is 116 cm³/mol. The van der Waals surface area contributed by atoms with Crippen molar-refractivity contribution < 1.29 is 24.2 Å². The van der Waals surface area contributed by atoms with Crippen LogP contribution in [0.5, 0.6) is 11.5 Å². The standard InChI is InChI=1S/C21H22INO5/c1-3-4-10-28-19-16(22)11-14(13-18(19)27-2)12-17(21(25)26)23-20(24)15-8-6-5-7-9-15/h5-9,11-13H,3-4,10H2,1-2H3,(H,23,24)(H,25,26). The van der Waals surface area contributed by atoms with Gasteiger partial charge in [-0.05, 0) is 64.9 Å². The number of carbonyl (C=O) groups excluding carboxylic acids is 1. The van der Waals surface area contributed by atoms with Crippen LogP contribution in [0.25, 0.3) is 6.08 Å². The Morgan fingerprint density at radius 3 is 2.54 bits per heavy atom. The van der Waals surface area contributed by atoms with Crippen molar-refractivity contribution in [2.45, 2.75) is 19.8 Å². The molecule has 0 aromatic heterocycles. The fraction of sp³-hybridized carbons (Fsp3) is 0.238. The van der Waals surface area contributed by atoms with Crippen molar-refractivity contribution in [2.24, 2.45) is 0 Å². The van der Waals surface area contributed by atoms with E-state index in [1.165, 1.54) is 13.2 Å². The Bertz CT molecular complexity index is 865. The molecule has 6 nitrogen and oxygen atoms in total. The molecule has 2 aromatic carbocycles. The molecule has 0 unspecified atom stereocenters. The van der Waals surface area contributed by atoms with Crippen LogP contribution in [0.4, 0.5) is 0 Å². The average molecular weight is 495 g/mol. The van der Waals surface area contributed by atoms with Crippen LogP contribution in [0.3, 0.4) is 0 Å². The Kier molecular flexibility index (Phi) is 8.31. The van der Waals surface area contributed by atoms with E-state index in [4.69, 9.17) is 9.47 Å². The van der Waals surface area contributed by atoms with Gasteiger partial charge in [-0.25, -0.2) is 4.79 Å². The molecule has 1 amide bonds. The smallest absolute Gasteiger partial charge is 0.352 e. The van der Waals surface area contributed by atoms with Crippen LogP contribution < -0.4 is 14.8 Å². The Balaban J connectivity index is 2.29. The van der Waals surface area contributed by atoms with E-state index in [9.17, 15) is 14.7 Å². The van der Waals surface area contributed by atoms with Gasteiger partial charge in [0.25, 0.3) is 5.91 Å². The molecule has 2 aromatic rings. The second-order valence-corrected chi connectivity index (χ2v) is 7.08. The van der Waals surface area contributed by atoms with Gasteiger partial charge in [0.05, 0.1) is 17.3 Å². The molecule has 0 radical (unpaired) electrons. The summed E-state index contributed by atoms with van der Waals surface area (Å²) >= 11 is 2.12. The lowest BCUT2D eigenvalue weighted by molar-refractivity contribution is -0.132. The normalized spacial score (nSPS) is 11.0. The number of carbonyl (C=O) groups is 2. The van der Waals surface area contributed by atoms with Gasteiger partial charge in [-0.15, -0.1) is 0 Å². The number of halogens is 1. The van der Waals surface area contributed by atoms with Crippen LogP contribution in [0.2, 0.25) is 0 Å². The molecule has 0 saturated carbocycles. The maximum atomic E-state index is 12.3. The van der Waals surface area contributed by atoms with Gasteiger partial charge in [-0.3, -0.25) is 4.79 Å². The molecule has 0 aliphatic rings. The fourth-order valence-corrected chi connectivity index (χ4v) is 3.16. The number of hydrogen-bond acceptors (Lipinski definition) is 4. The highest BCUT2D eigenvalue weighted by molar-refractivity contribution is 14.1. The van der Waals surface area contributed by atoms with Crippen LogP contribution >= 0.6 is 22.6 Å². The molecule has 7 heteroatoms. The van der Waals surface area contributed by atoms with Crippen molar-refractivity contribution in [3.8, 4) is 11.5 Å². The fourth-order valence-electron chi connectivity index (χ4n) is 2.38. The monoisotopic (exact) mass is 495 g/mol. The number of unbranched alkanes of at least 4 members (excludes halogenated alkanes) is 1. The molecule has 0 heterocycles. The summed E-state index contributed by atoms with van der Waals surface area (Å²) in [6, 6.07) is 11.9. The van der Waals surface area contributed by atoms with E-state index in [1.807, 2.05) is 0 Å². The van der Waals surface area contributed by atoms with Crippen LogP contribution in [0, 0.1) is 3.57 Å². The third kappa shape index (κ3) is 5.98. The molecule has 0 aliphatic heterocycles. The van der Waals surface area contributed by atoms with Gasteiger partial charge in [-0.2, -0.15) is 0 Å². The van der Waals surface area contributed by atoms with Gasteiger partial charge in [0.15, 0.2) is 11.5 Å². The summed E-state index contributed by atoms with van der Waals surface area (Å²) in [5.74, 6) is -0.593. The minimum absolute atomic E-state index is 0.230. The summed E-state index contributed by atoms with van der Waals surface area (Å²) in [5.41, 5.74) is 0.725. The zero-order valence-corrected chi connectivity index (χ0v) is 17.9. The highest BCUT2D eigenvalue weighted by Gasteiger charge is 2.15. The van der Waals surface area contributed by atoms with Gasteiger partial charge >= 0.3 is 5.97 Å². The first-order valence-electron chi connectivity index (χ1n) is 8.78. The summed E-state index contributed by atoms with van der Waals surface area (Å²) in [6.07, 6.45) is 3.34. The van der Waals surface area contributed by atoms with Gasteiger partial charge in [0.1, 0.15) is 5.70 Å². The van der Waals surface area contributed by atoms with E-state index in [2.05, 4.69) is 34.8 Å². The lowest BCUT2D eigenvalue weighted by Gasteiger charge is -2.14. The second kappa shape index (κ2) is 10.7. The van der Waals surface area contributed by atoms with Crippen LogP contribution in [-0.2, 0) is 4.79 Å². The zero-order chi connectivity index (χ0) is 20.5. The van der Waals surface area contributed by atoms with E-state index < -0.39 is 11.9 Å². The molecule has 0 spiro atoms. The largest absolute Gasteiger partial charge is 0.493 e. The second-order valence-electron chi connectivity index (χ2n) is 5.92. The molecule has 28 heavy (non-hydrogen) atoms. The molecule has 0 aliphatic carbocycles. The van der Waals surface area contributed by atoms with Crippen molar-refractivity contribution in [3.63, 3.8) is 0 Å². The predicted octanol–water partition coefficient (Wildman–Crippen LogP) is 4.33. The van der Waals surface area contributed by atoms with Crippen molar-refractivity contribution in [1.82, 2.24) is 5.32 Å². The molecule has 148 valence electrons. The molecule has 0 bridgehead atoms. The van der Waals surface area contributed by atoms with E-state index in [0.29, 0.717) is 29.2 Å². The Labute approximate surface area is 177 Å². The van der Waals surface area contributed by atoms with Crippen LogP contribution in [0.15, 0.2) is 48.2 Å². The Hall–Kier alpha value is -2.55. The number of benzene rings is 2. The summed E-state index contributed by atoms with van der Waals surface area (Å²) < 4.78 is 12.0. The third-order valence-corrected chi connectivity index (χ3v) is 4.62. The van der Waals surface area contributed by atoms with E-state index in [-0.39, 0.29) is 5.70 Å². The minimum Gasteiger partial charge on any atom is -0.493 e. The lowest BCUT2D eigenvalue weighted by atomic mass is 10.1. The number of hydrogen-bond donors (Lipinski definition) is 2. The Morgan fingerprint density at radius 1 is 1.21 bits per heavy atom. The van der Waals surface area contributed by atoms with Crippen LogP contribution in [-0.4, -0.2) is 30.7 Å². The number of carboxylic acid groups (broad SMARTS) is 1. The SMILES string of the molecule is CCCCOc1c(I)cc(C=C(NC(=O)c2ccccc2)C(=O)O)cc1OC. The topological polar surface area (TPSA) is 84.9 Å². The molecule has 0 atom stereocenters. The van der Waals surface area contributed by atoms with Gasteiger partial charge in [-0.1, -0.05) is 31.5 Å². The Morgan fingerprint density at radius 2 is 1.93 bits per heavy atom. The van der Waals surface area contributed by atoms with Crippen molar-refractivity contribution in [1.29, 1.82) is 0 Å². The van der Waals surface area contributed by atoms with Crippen LogP contribution in [0.1, 0.15) is 35.7 Å². The molecular formula is C21H22INO5. The molecule has 2 N–H and O–H groups in total. The maximum absolute atomic E-state index is 12.3.